The van der Waals surface area contributed by atoms with Crippen LogP contribution in [0, 0.1) is 11.3 Å². The van der Waals surface area contributed by atoms with Crippen molar-refractivity contribution in [2.75, 3.05) is 5.32 Å². The van der Waals surface area contributed by atoms with Crippen LogP contribution in [0.1, 0.15) is 51.8 Å². The average molecular weight is 368 g/mol. The standard InChI is InChI=1S/C21H28N4O2/c1-4-15-7-14(2)9-21(3,10-15)11-20(27)23-16-5-6-17-18(8-16)25-19(24-17)12-22-13-26/h5-6,8,13,15H,2,4,7,9-12H2,1,3H3,(H,22,26)(H,23,27)(H,24,25). The number of carbonyl (C=O) groups is 2. The van der Waals surface area contributed by atoms with E-state index < -0.39 is 0 Å². The summed E-state index contributed by atoms with van der Waals surface area (Å²) < 4.78 is 0. The zero-order valence-electron chi connectivity index (χ0n) is 16.1. The van der Waals surface area contributed by atoms with E-state index in [0.29, 0.717) is 31.1 Å². The minimum absolute atomic E-state index is 0.0236. The van der Waals surface area contributed by atoms with Crippen LogP contribution in [0.15, 0.2) is 30.4 Å². The number of imidazole rings is 1. The van der Waals surface area contributed by atoms with E-state index in [2.05, 4.69) is 41.0 Å². The summed E-state index contributed by atoms with van der Waals surface area (Å²) in [5.41, 5.74) is 3.61. The number of nitrogens with one attached hydrogen (secondary N) is 3. The summed E-state index contributed by atoms with van der Waals surface area (Å²) in [5.74, 6) is 1.34. The molecule has 1 aliphatic rings. The number of aromatic nitrogens is 2. The summed E-state index contributed by atoms with van der Waals surface area (Å²) in [4.78, 5) is 30.6. The van der Waals surface area contributed by atoms with Gasteiger partial charge in [-0.1, -0.05) is 32.4 Å². The van der Waals surface area contributed by atoms with E-state index in [1.807, 2.05) is 18.2 Å². The van der Waals surface area contributed by atoms with Crippen molar-refractivity contribution in [1.29, 1.82) is 0 Å². The molecule has 27 heavy (non-hydrogen) atoms. The van der Waals surface area contributed by atoms with Crippen molar-refractivity contribution >= 4 is 29.0 Å². The molecule has 2 amide bonds. The average Bonchev–Trinajstić information content (AvgIpc) is 3.00. The number of nitrogens with zero attached hydrogens (tertiary/aromatic N) is 1. The molecule has 1 saturated carbocycles. The van der Waals surface area contributed by atoms with E-state index >= 15 is 0 Å². The number of benzene rings is 1. The number of anilines is 1. The Morgan fingerprint density at radius 1 is 1.48 bits per heavy atom. The molecule has 3 rings (SSSR count). The number of fused-ring (bicyclic) bond motifs is 1. The van der Waals surface area contributed by atoms with Crippen LogP contribution < -0.4 is 10.6 Å². The molecule has 144 valence electrons. The van der Waals surface area contributed by atoms with Crippen molar-refractivity contribution in [1.82, 2.24) is 15.3 Å². The highest BCUT2D eigenvalue weighted by Crippen LogP contribution is 2.44. The number of hydrogen-bond donors (Lipinski definition) is 3. The third-order valence-electron chi connectivity index (χ3n) is 5.37. The molecule has 0 saturated heterocycles. The molecular formula is C21H28N4O2. The molecule has 6 nitrogen and oxygen atoms in total. The lowest BCUT2D eigenvalue weighted by Gasteiger charge is -2.38. The van der Waals surface area contributed by atoms with Gasteiger partial charge in [-0.3, -0.25) is 9.59 Å². The van der Waals surface area contributed by atoms with Gasteiger partial charge in [-0.25, -0.2) is 4.98 Å². The molecular weight excluding hydrogens is 340 g/mol. The highest BCUT2D eigenvalue weighted by molar-refractivity contribution is 5.93. The van der Waals surface area contributed by atoms with Gasteiger partial charge in [0.1, 0.15) is 5.82 Å². The molecule has 0 bridgehead atoms. The first-order chi connectivity index (χ1) is 12.9. The van der Waals surface area contributed by atoms with Gasteiger partial charge in [0.25, 0.3) is 0 Å². The summed E-state index contributed by atoms with van der Waals surface area (Å²) >= 11 is 0. The lowest BCUT2D eigenvalue weighted by Crippen LogP contribution is -2.31. The predicted molar refractivity (Wildman–Crippen MR) is 107 cm³/mol. The van der Waals surface area contributed by atoms with Gasteiger partial charge in [0.05, 0.1) is 17.6 Å². The third kappa shape index (κ3) is 4.76. The van der Waals surface area contributed by atoms with Gasteiger partial charge < -0.3 is 15.6 Å². The zero-order chi connectivity index (χ0) is 19.4. The molecule has 0 radical (unpaired) electrons. The Balaban J connectivity index is 1.66. The van der Waals surface area contributed by atoms with Crippen molar-refractivity contribution in [2.45, 2.75) is 52.5 Å². The molecule has 2 atom stereocenters. The lowest BCUT2D eigenvalue weighted by molar-refractivity contribution is -0.118. The number of allylic oxidation sites excluding steroid dienone is 1. The summed E-state index contributed by atoms with van der Waals surface area (Å²) in [5, 5.41) is 5.60. The quantitative estimate of drug-likeness (QED) is 0.511. The fourth-order valence-electron chi connectivity index (χ4n) is 4.30. The third-order valence-corrected chi connectivity index (χ3v) is 5.37. The van der Waals surface area contributed by atoms with Crippen molar-refractivity contribution in [3.05, 3.63) is 36.2 Å². The SMILES string of the molecule is C=C1CC(CC)CC(C)(CC(=O)Nc2ccc3[nH]c(CNC=O)nc3c2)C1. The van der Waals surface area contributed by atoms with E-state index in [9.17, 15) is 9.59 Å². The molecule has 0 aliphatic heterocycles. The van der Waals surface area contributed by atoms with Crippen LogP contribution in [0.2, 0.25) is 0 Å². The Hall–Kier alpha value is -2.63. The van der Waals surface area contributed by atoms with Crippen LogP contribution in [0.5, 0.6) is 0 Å². The van der Waals surface area contributed by atoms with Crippen LogP contribution in [0.3, 0.4) is 0 Å². The Morgan fingerprint density at radius 2 is 2.30 bits per heavy atom. The minimum atomic E-state index is -0.0236. The number of carbonyl (C=O) groups excluding carboxylic acids is 2. The van der Waals surface area contributed by atoms with Gasteiger partial charge in [0, 0.05) is 12.1 Å². The van der Waals surface area contributed by atoms with Crippen LogP contribution >= 0.6 is 0 Å². The Kier molecular flexibility index (Phi) is 5.63. The molecule has 6 heteroatoms. The maximum absolute atomic E-state index is 12.7. The van der Waals surface area contributed by atoms with Gasteiger partial charge >= 0.3 is 0 Å². The summed E-state index contributed by atoms with van der Waals surface area (Å²) in [7, 11) is 0. The first-order valence-electron chi connectivity index (χ1n) is 9.53. The number of aromatic amines is 1. The molecule has 0 spiro atoms. The summed E-state index contributed by atoms with van der Waals surface area (Å²) in [6.45, 7) is 8.94. The molecule has 2 aromatic rings. The van der Waals surface area contributed by atoms with Crippen molar-refractivity contribution in [3.63, 3.8) is 0 Å². The smallest absolute Gasteiger partial charge is 0.224 e. The van der Waals surface area contributed by atoms with Gasteiger partial charge in [-0.2, -0.15) is 0 Å². The topological polar surface area (TPSA) is 86.9 Å². The molecule has 1 aliphatic carbocycles. The van der Waals surface area contributed by atoms with Crippen molar-refractivity contribution < 1.29 is 9.59 Å². The molecule has 1 aromatic carbocycles. The first-order valence-corrected chi connectivity index (χ1v) is 9.53. The molecule has 1 aromatic heterocycles. The second-order valence-corrected chi connectivity index (χ2v) is 8.06. The van der Waals surface area contributed by atoms with Crippen LogP contribution in [0.4, 0.5) is 5.69 Å². The van der Waals surface area contributed by atoms with Crippen molar-refractivity contribution in [3.8, 4) is 0 Å². The predicted octanol–water partition coefficient (Wildman–Crippen LogP) is 3.91. The summed E-state index contributed by atoms with van der Waals surface area (Å²) in [6, 6.07) is 5.61. The fraction of sp³-hybridized carbons (Fsp3) is 0.476. The van der Waals surface area contributed by atoms with Gasteiger partial charge in [0.15, 0.2) is 0 Å². The maximum Gasteiger partial charge on any atom is 0.224 e. The van der Waals surface area contributed by atoms with Crippen molar-refractivity contribution in [2.24, 2.45) is 11.3 Å². The van der Waals surface area contributed by atoms with Gasteiger partial charge in [-0.05, 0) is 48.8 Å². The van der Waals surface area contributed by atoms with Crippen LogP contribution in [-0.4, -0.2) is 22.3 Å². The van der Waals surface area contributed by atoms with E-state index in [1.54, 1.807) is 0 Å². The van der Waals surface area contributed by atoms with E-state index in [4.69, 9.17) is 0 Å². The molecule has 1 heterocycles. The number of H-pyrrole nitrogens is 1. The van der Waals surface area contributed by atoms with Gasteiger partial charge in [-0.15, -0.1) is 0 Å². The van der Waals surface area contributed by atoms with Gasteiger partial charge in [0.2, 0.25) is 12.3 Å². The highest BCUT2D eigenvalue weighted by Gasteiger charge is 2.35. The second kappa shape index (κ2) is 7.94. The maximum atomic E-state index is 12.7. The molecule has 3 N–H and O–H groups in total. The largest absolute Gasteiger partial charge is 0.351 e. The zero-order valence-corrected chi connectivity index (χ0v) is 16.1. The Bertz CT molecular complexity index is 857. The number of amides is 2. The number of hydrogen-bond acceptors (Lipinski definition) is 3. The second-order valence-electron chi connectivity index (χ2n) is 8.06. The highest BCUT2D eigenvalue weighted by atomic mass is 16.1. The van der Waals surface area contributed by atoms with E-state index in [0.717, 1.165) is 42.4 Å². The monoisotopic (exact) mass is 368 g/mol. The minimum Gasteiger partial charge on any atom is -0.351 e. The van der Waals surface area contributed by atoms with E-state index in [-0.39, 0.29) is 11.3 Å². The summed E-state index contributed by atoms with van der Waals surface area (Å²) in [6.07, 6.45) is 5.35. The molecule has 1 fully saturated rings. The van der Waals surface area contributed by atoms with Crippen LogP contribution in [-0.2, 0) is 16.1 Å². The normalized spacial score (nSPS) is 22.6. The van der Waals surface area contributed by atoms with Crippen LogP contribution in [0.25, 0.3) is 11.0 Å². The first kappa shape index (κ1) is 19.1. The Labute approximate surface area is 159 Å². The number of rotatable bonds is 7. The lowest BCUT2D eigenvalue weighted by atomic mass is 9.67. The Morgan fingerprint density at radius 3 is 3.04 bits per heavy atom. The molecule has 2 unspecified atom stereocenters. The van der Waals surface area contributed by atoms with E-state index in [1.165, 1.54) is 5.57 Å². The fourth-order valence-corrected chi connectivity index (χ4v) is 4.30.